The SMILES string of the molecule is CCNC(Cc1ncnn1CC)C1CN(C(C)C)CCO1. The van der Waals surface area contributed by atoms with Gasteiger partial charge < -0.3 is 10.1 Å². The molecule has 6 nitrogen and oxygen atoms in total. The highest BCUT2D eigenvalue weighted by Gasteiger charge is 2.29. The molecule has 2 rings (SSSR count). The van der Waals surface area contributed by atoms with Gasteiger partial charge >= 0.3 is 0 Å². The maximum absolute atomic E-state index is 6.03. The molecule has 1 aromatic rings. The van der Waals surface area contributed by atoms with Crippen molar-refractivity contribution in [2.24, 2.45) is 0 Å². The smallest absolute Gasteiger partial charge is 0.138 e. The topological polar surface area (TPSA) is 55.2 Å². The molecule has 0 radical (unpaired) electrons. The molecule has 1 aliphatic heterocycles. The van der Waals surface area contributed by atoms with Gasteiger partial charge in [-0.1, -0.05) is 6.92 Å². The first-order valence-electron chi connectivity index (χ1n) is 8.11. The van der Waals surface area contributed by atoms with Gasteiger partial charge in [-0.2, -0.15) is 5.10 Å². The lowest BCUT2D eigenvalue weighted by molar-refractivity contribution is -0.0553. The molecule has 120 valence electrons. The monoisotopic (exact) mass is 295 g/mol. The number of rotatable bonds is 7. The number of aryl methyl sites for hydroxylation is 1. The Morgan fingerprint density at radius 2 is 2.24 bits per heavy atom. The van der Waals surface area contributed by atoms with Gasteiger partial charge in [-0.3, -0.25) is 9.58 Å². The Morgan fingerprint density at radius 3 is 2.90 bits per heavy atom. The molecule has 0 bridgehead atoms. The van der Waals surface area contributed by atoms with Gasteiger partial charge in [0.05, 0.1) is 12.7 Å². The van der Waals surface area contributed by atoms with Crippen LogP contribution in [0.15, 0.2) is 6.33 Å². The van der Waals surface area contributed by atoms with Crippen LogP contribution in [0.5, 0.6) is 0 Å². The van der Waals surface area contributed by atoms with Gasteiger partial charge in [0.2, 0.25) is 0 Å². The number of nitrogens with zero attached hydrogens (tertiary/aromatic N) is 4. The lowest BCUT2D eigenvalue weighted by atomic mass is 10.0. The van der Waals surface area contributed by atoms with Crippen molar-refractivity contribution in [2.75, 3.05) is 26.2 Å². The quantitative estimate of drug-likeness (QED) is 0.811. The predicted octanol–water partition coefficient (Wildman–Crippen LogP) is 0.928. The lowest BCUT2D eigenvalue weighted by Crippen LogP contribution is -2.54. The molecule has 1 fully saturated rings. The second-order valence-electron chi connectivity index (χ2n) is 5.86. The van der Waals surface area contributed by atoms with Crippen LogP contribution >= 0.6 is 0 Å². The van der Waals surface area contributed by atoms with Gasteiger partial charge in [0, 0.05) is 38.1 Å². The molecule has 1 saturated heterocycles. The van der Waals surface area contributed by atoms with Crippen molar-refractivity contribution >= 4 is 0 Å². The summed E-state index contributed by atoms with van der Waals surface area (Å²) in [6.07, 6.45) is 2.71. The minimum atomic E-state index is 0.211. The Morgan fingerprint density at radius 1 is 1.43 bits per heavy atom. The standard InChI is InChI=1S/C15H29N5O/c1-5-16-13(9-15-17-11-18-20(15)6-2)14-10-19(12(3)4)7-8-21-14/h11-14,16H,5-10H2,1-4H3. The molecule has 2 heterocycles. The number of likely N-dealkylation sites (N-methyl/N-ethyl adjacent to an activating group) is 1. The van der Waals surface area contributed by atoms with Crippen LogP contribution < -0.4 is 5.32 Å². The molecule has 0 aliphatic carbocycles. The van der Waals surface area contributed by atoms with E-state index in [4.69, 9.17) is 4.74 Å². The van der Waals surface area contributed by atoms with E-state index in [9.17, 15) is 0 Å². The van der Waals surface area contributed by atoms with Crippen LogP contribution in [0.4, 0.5) is 0 Å². The Hall–Kier alpha value is -0.980. The zero-order chi connectivity index (χ0) is 15.2. The van der Waals surface area contributed by atoms with E-state index in [1.165, 1.54) is 0 Å². The van der Waals surface area contributed by atoms with E-state index < -0.39 is 0 Å². The van der Waals surface area contributed by atoms with Crippen LogP contribution in [-0.4, -0.2) is 64.1 Å². The lowest BCUT2D eigenvalue weighted by Gasteiger charge is -2.39. The molecule has 0 amide bonds. The second kappa shape index (κ2) is 7.87. The third kappa shape index (κ3) is 4.25. The fourth-order valence-electron chi connectivity index (χ4n) is 2.91. The molecule has 6 heteroatoms. The number of ether oxygens (including phenoxy) is 1. The molecular formula is C15H29N5O. The first-order valence-corrected chi connectivity index (χ1v) is 8.11. The summed E-state index contributed by atoms with van der Waals surface area (Å²) in [6.45, 7) is 13.3. The van der Waals surface area contributed by atoms with Crippen LogP contribution in [0, 0.1) is 0 Å². The predicted molar refractivity (Wildman–Crippen MR) is 83.3 cm³/mol. The van der Waals surface area contributed by atoms with Crippen LogP contribution in [0.3, 0.4) is 0 Å². The molecule has 2 atom stereocenters. The third-order valence-corrected chi connectivity index (χ3v) is 4.17. The van der Waals surface area contributed by atoms with Crippen LogP contribution in [0.1, 0.15) is 33.5 Å². The minimum Gasteiger partial charge on any atom is -0.374 e. The van der Waals surface area contributed by atoms with Crippen molar-refractivity contribution in [3.8, 4) is 0 Å². The average molecular weight is 295 g/mol. The Balaban J connectivity index is 2.04. The van der Waals surface area contributed by atoms with Crippen molar-refractivity contribution in [1.82, 2.24) is 25.0 Å². The molecule has 1 aromatic heterocycles. The summed E-state index contributed by atoms with van der Waals surface area (Å²) in [6, 6.07) is 0.851. The summed E-state index contributed by atoms with van der Waals surface area (Å²) < 4.78 is 8.00. The largest absolute Gasteiger partial charge is 0.374 e. The van der Waals surface area contributed by atoms with Gasteiger partial charge in [0.15, 0.2) is 0 Å². The maximum Gasteiger partial charge on any atom is 0.138 e. The van der Waals surface area contributed by atoms with Gasteiger partial charge in [-0.15, -0.1) is 0 Å². The van der Waals surface area contributed by atoms with E-state index in [1.54, 1.807) is 6.33 Å². The molecule has 21 heavy (non-hydrogen) atoms. The minimum absolute atomic E-state index is 0.211. The Labute approximate surface area is 127 Å². The van der Waals surface area contributed by atoms with Gasteiger partial charge in [0.1, 0.15) is 12.2 Å². The second-order valence-corrected chi connectivity index (χ2v) is 5.86. The van der Waals surface area contributed by atoms with Gasteiger partial charge in [-0.25, -0.2) is 4.98 Å². The summed E-state index contributed by atoms with van der Waals surface area (Å²) in [5.41, 5.74) is 0. The molecule has 0 aromatic carbocycles. The van der Waals surface area contributed by atoms with Gasteiger partial charge in [-0.05, 0) is 27.3 Å². The fourth-order valence-corrected chi connectivity index (χ4v) is 2.91. The first-order chi connectivity index (χ1) is 10.2. The summed E-state index contributed by atoms with van der Waals surface area (Å²) in [5.74, 6) is 1.04. The number of aromatic nitrogens is 3. The number of nitrogens with one attached hydrogen (secondary N) is 1. The van der Waals surface area contributed by atoms with E-state index in [0.717, 1.165) is 45.0 Å². The Kier molecular flexibility index (Phi) is 6.14. The number of hydrogen-bond acceptors (Lipinski definition) is 5. The van der Waals surface area contributed by atoms with E-state index in [2.05, 4.69) is 48.0 Å². The van der Waals surface area contributed by atoms with Crippen molar-refractivity contribution in [2.45, 2.75) is 58.8 Å². The molecular weight excluding hydrogens is 266 g/mol. The van der Waals surface area contributed by atoms with Crippen molar-refractivity contribution in [3.05, 3.63) is 12.2 Å². The summed E-state index contributed by atoms with van der Waals surface area (Å²) in [5, 5.41) is 7.83. The van der Waals surface area contributed by atoms with Crippen LogP contribution in [0.2, 0.25) is 0 Å². The maximum atomic E-state index is 6.03. The molecule has 1 N–H and O–H groups in total. The highest BCUT2D eigenvalue weighted by molar-refractivity contribution is 4.94. The number of hydrogen-bond donors (Lipinski definition) is 1. The zero-order valence-corrected chi connectivity index (χ0v) is 13.7. The van der Waals surface area contributed by atoms with Gasteiger partial charge in [0.25, 0.3) is 0 Å². The zero-order valence-electron chi connectivity index (χ0n) is 13.7. The highest BCUT2D eigenvalue weighted by Crippen LogP contribution is 2.14. The van der Waals surface area contributed by atoms with Crippen molar-refractivity contribution in [3.63, 3.8) is 0 Å². The summed E-state index contributed by atoms with van der Waals surface area (Å²) in [4.78, 5) is 6.89. The normalized spacial score (nSPS) is 21.9. The first kappa shape index (κ1) is 16.4. The van der Waals surface area contributed by atoms with E-state index in [0.29, 0.717) is 6.04 Å². The highest BCUT2D eigenvalue weighted by atomic mass is 16.5. The van der Waals surface area contributed by atoms with Crippen molar-refractivity contribution in [1.29, 1.82) is 0 Å². The summed E-state index contributed by atoms with van der Waals surface area (Å²) in [7, 11) is 0. The van der Waals surface area contributed by atoms with Crippen LogP contribution in [-0.2, 0) is 17.7 Å². The Bertz CT molecular complexity index is 420. The molecule has 2 unspecified atom stereocenters. The van der Waals surface area contributed by atoms with Crippen LogP contribution in [0.25, 0.3) is 0 Å². The third-order valence-electron chi connectivity index (χ3n) is 4.17. The van der Waals surface area contributed by atoms with E-state index in [1.807, 2.05) is 4.68 Å². The summed E-state index contributed by atoms with van der Waals surface area (Å²) >= 11 is 0. The van der Waals surface area contributed by atoms with Crippen molar-refractivity contribution < 1.29 is 4.74 Å². The average Bonchev–Trinajstić information content (AvgIpc) is 2.94. The molecule has 1 aliphatic rings. The molecule has 0 spiro atoms. The number of morpholine rings is 1. The fraction of sp³-hybridized carbons (Fsp3) is 0.867. The van der Waals surface area contributed by atoms with E-state index >= 15 is 0 Å². The molecule has 0 saturated carbocycles. The van der Waals surface area contributed by atoms with E-state index in [-0.39, 0.29) is 12.1 Å².